The number of nitrogens with zero attached hydrogens (tertiary/aromatic N) is 1. The van der Waals surface area contributed by atoms with Crippen molar-refractivity contribution in [2.45, 2.75) is 39.3 Å². The minimum Gasteiger partial charge on any atom is -0.326 e. The van der Waals surface area contributed by atoms with Gasteiger partial charge in [0.2, 0.25) is 17.4 Å². The van der Waals surface area contributed by atoms with E-state index in [1.165, 1.54) is 4.90 Å². The van der Waals surface area contributed by atoms with E-state index in [-0.39, 0.29) is 29.7 Å². The normalized spacial score (nSPS) is 29.7. The van der Waals surface area contributed by atoms with Gasteiger partial charge in [-0.15, -0.1) is 0 Å². The van der Waals surface area contributed by atoms with Crippen LogP contribution in [0.4, 0.5) is 11.4 Å². The van der Waals surface area contributed by atoms with Gasteiger partial charge in [0.25, 0.3) is 5.91 Å². The van der Waals surface area contributed by atoms with Crippen molar-refractivity contribution in [3.8, 4) is 0 Å². The summed E-state index contributed by atoms with van der Waals surface area (Å²) in [7, 11) is 0. The monoisotopic (exact) mass is 404 g/mol. The third-order valence-corrected chi connectivity index (χ3v) is 7.07. The van der Waals surface area contributed by atoms with Crippen molar-refractivity contribution < 1.29 is 19.7 Å². The molecule has 3 N–H and O–H groups in total. The standard InChI is InChI=1S/C24H25N3O3/c1-12(2)20-18-19(24(26-20)15-7-5-6-8-16(15)25-23(24)30)22(29)27(21(18)28)17-10-9-13(3)11-14(17)4/h5-12,18-20,26H,1-4H3,(H,25,30)/p+1/t18-,19-,20-,24-/m0/s1. The van der Waals surface area contributed by atoms with Gasteiger partial charge >= 0.3 is 0 Å². The first-order chi connectivity index (χ1) is 14.3. The molecule has 0 bridgehead atoms. The van der Waals surface area contributed by atoms with Crippen molar-refractivity contribution in [2.75, 3.05) is 10.2 Å². The van der Waals surface area contributed by atoms with Crippen LogP contribution in [0.5, 0.6) is 0 Å². The zero-order valence-corrected chi connectivity index (χ0v) is 17.6. The molecule has 0 radical (unpaired) electrons. The topological polar surface area (TPSA) is 83.1 Å². The molecule has 5 rings (SSSR count). The first-order valence-corrected chi connectivity index (χ1v) is 10.5. The highest BCUT2D eigenvalue weighted by atomic mass is 16.2. The van der Waals surface area contributed by atoms with Crippen molar-refractivity contribution in [3.05, 3.63) is 59.2 Å². The molecule has 154 valence electrons. The first kappa shape index (κ1) is 19.0. The number of nitrogens with one attached hydrogen (secondary N) is 1. The molecule has 2 saturated heterocycles. The smallest absolute Gasteiger partial charge is 0.291 e. The van der Waals surface area contributed by atoms with Crippen LogP contribution in [0.1, 0.15) is 30.5 Å². The number of carbonyl (C=O) groups is 3. The van der Waals surface area contributed by atoms with Crippen LogP contribution in [0.15, 0.2) is 42.5 Å². The quantitative estimate of drug-likeness (QED) is 0.750. The van der Waals surface area contributed by atoms with Gasteiger partial charge in [-0.05, 0) is 31.5 Å². The molecule has 3 amide bonds. The summed E-state index contributed by atoms with van der Waals surface area (Å²) < 4.78 is 0. The fourth-order valence-electron chi connectivity index (χ4n) is 5.74. The molecule has 6 heteroatoms. The van der Waals surface area contributed by atoms with Crippen LogP contribution in [-0.2, 0) is 19.9 Å². The Balaban J connectivity index is 1.70. The van der Waals surface area contributed by atoms with Gasteiger partial charge in [0.15, 0.2) is 0 Å². The molecule has 0 aliphatic carbocycles. The van der Waals surface area contributed by atoms with E-state index in [1.807, 2.05) is 75.5 Å². The molecule has 30 heavy (non-hydrogen) atoms. The van der Waals surface area contributed by atoms with E-state index in [1.54, 1.807) is 0 Å². The Labute approximate surface area is 175 Å². The first-order valence-electron chi connectivity index (χ1n) is 10.5. The summed E-state index contributed by atoms with van der Waals surface area (Å²) in [5.41, 5.74) is 3.01. The van der Waals surface area contributed by atoms with Crippen LogP contribution in [0.3, 0.4) is 0 Å². The molecule has 0 aromatic heterocycles. The van der Waals surface area contributed by atoms with E-state index >= 15 is 0 Å². The molecule has 6 nitrogen and oxygen atoms in total. The van der Waals surface area contributed by atoms with E-state index < -0.39 is 17.4 Å². The number of para-hydroxylation sites is 1. The van der Waals surface area contributed by atoms with Crippen LogP contribution >= 0.6 is 0 Å². The average molecular weight is 404 g/mol. The summed E-state index contributed by atoms with van der Waals surface area (Å²) >= 11 is 0. The zero-order valence-electron chi connectivity index (χ0n) is 17.6. The molecule has 3 aliphatic heterocycles. The van der Waals surface area contributed by atoms with Gasteiger partial charge in [-0.1, -0.05) is 49.7 Å². The Morgan fingerprint density at radius 1 is 1.03 bits per heavy atom. The van der Waals surface area contributed by atoms with E-state index in [0.717, 1.165) is 22.4 Å². The number of hydrogen-bond acceptors (Lipinski definition) is 3. The second-order valence-corrected chi connectivity index (χ2v) is 9.16. The van der Waals surface area contributed by atoms with Crippen molar-refractivity contribution >= 4 is 29.1 Å². The van der Waals surface area contributed by atoms with Gasteiger partial charge in [-0.25, -0.2) is 4.90 Å². The van der Waals surface area contributed by atoms with Crippen molar-refractivity contribution in [2.24, 2.45) is 17.8 Å². The Hall–Kier alpha value is -2.99. The van der Waals surface area contributed by atoms with Gasteiger partial charge < -0.3 is 10.6 Å². The van der Waals surface area contributed by atoms with Crippen LogP contribution in [0, 0.1) is 31.6 Å². The van der Waals surface area contributed by atoms with Gasteiger partial charge in [-0.3, -0.25) is 14.4 Å². The Bertz CT molecular complexity index is 1110. The maximum Gasteiger partial charge on any atom is 0.291 e. The van der Waals surface area contributed by atoms with Crippen LogP contribution in [0.2, 0.25) is 0 Å². The number of aryl methyl sites for hydroxylation is 2. The maximum atomic E-state index is 13.8. The molecule has 1 spiro atoms. The van der Waals surface area contributed by atoms with Crippen LogP contribution < -0.4 is 15.5 Å². The largest absolute Gasteiger partial charge is 0.326 e. The lowest BCUT2D eigenvalue weighted by atomic mass is 9.76. The molecule has 3 aliphatic rings. The van der Waals surface area contributed by atoms with E-state index in [4.69, 9.17) is 0 Å². The summed E-state index contributed by atoms with van der Waals surface area (Å²) in [5.74, 6) is -1.79. The lowest BCUT2D eigenvalue weighted by Crippen LogP contribution is -2.99. The van der Waals surface area contributed by atoms with Crippen LogP contribution in [0.25, 0.3) is 0 Å². The summed E-state index contributed by atoms with van der Waals surface area (Å²) in [6, 6.07) is 13.1. The average Bonchev–Trinajstić information content (AvgIpc) is 3.28. The lowest BCUT2D eigenvalue weighted by molar-refractivity contribution is -0.738. The molecular weight excluding hydrogens is 378 g/mol. The Morgan fingerprint density at radius 3 is 2.47 bits per heavy atom. The van der Waals surface area contributed by atoms with E-state index in [9.17, 15) is 14.4 Å². The number of anilines is 2. The van der Waals surface area contributed by atoms with Gasteiger partial charge in [0.1, 0.15) is 17.9 Å². The third-order valence-electron chi connectivity index (χ3n) is 7.07. The maximum absolute atomic E-state index is 13.8. The van der Waals surface area contributed by atoms with Crippen molar-refractivity contribution in [3.63, 3.8) is 0 Å². The minimum atomic E-state index is -1.10. The number of fused-ring (bicyclic) bond motifs is 4. The fraction of sp³-hybridized carbons (Fsp3) is 0.375. The number of rotatable bonds is 2. The molecule has 2 fully saturated rings. The van der Waals surface area contributed by atoms with Crippen LogP contribution in [-0.4, -0.2) is 23.8 Å². The number of imide groups is 1. The third kappa shape index (κ3) is 2.25. The van der Waals surface area contributed by atoms with Gasteiger partial charge in [0.05, 0.1) is 11.4 Å². The fourth-order valence-corrected chi connectivity index (χ4v) is 5.74. The number of amides is 3. The van der Waals surface area contributed by atoms with Crippen molar-refractivity contribution in [1.82, 2.24) is 0 Å². The van der Waals surface area contributed by atoms with E-state index in [0.29, 0.717) is 5.69 Å². The molecule has 0 unspecified atom stereocenters. The van der Waals surface area contributed by atoms with Crippen molar-refractivity contribution in [1.29, 1.82) is 0 Å². The van der Waals surface area contributed by atoms with E-state index in [2.05, 4.69) is 5.32 Å². The summed E-state index contributed by atoms with van der Waals surface area (Å²) in [4.78, 5) is 42.2. The van der Waals surface area contributed by atoms with Gasteiger partial charge in [0, 0.05) is 11.5 Å². The molecule has 4 atom stereocenters. The molecule has 0 saturated carbocycles. The second-order valence-electron chi connectivity index (χ2n) is 9.16. The summed E-state index contributed by atoms with van der Waals surface area (Å²) in [5, 5.41) is 4.95. The number of hydrogen-bond donors (Lipinski definition) is 2. The highest BCUT2D eigenvalue weighted by Gasteiger charge is 2.74. The molecule has 2 aromatic rings. The Morgan fingerprint density at radius 2 is 1.77 bits per heavy atom. The zero-order chi connectivity index (χ0) is 21.4. The predicted octanol–water partition coefficient (Wildman–Crippen LogP) is 1.86. The molecular formula is C24H26N3O3+. The van der Waals surface area contributed by atoms with Gasteiger partial charge in [-0.2, -0.15) is 0 Å². The number of quaternary nitrogens is 1. The highest BCUT2D eigenvalue weighted by Crippen LogP contribution is 2.50. The summed E-state index contributed by atoms with van der Waals surface area (Å²) in [6.07, 6.45) is 0. The predicted molar refractivity (Wildman–Crippen MR) is 113 cm³/mol. The highest BCUT2D eigenvalue weighted by molar-refractivity contribution is 6.25. The number of nitrogens with two attached hydrogens (primary N) is 1. The number of benzene rings is 2. The molecule has 3 heterocycles. The second kappa shape index (κ2) is 6.25. The SMILES string of the molecule is Cc1ccc(N2C(=O)[C@H]3[C@@H](C2=O)[C@]2([NH2+][C@H]3C(C)C)C(=O)Nc3ccccc32)c(C)c1. The Kier molecular flexibility index (Phi) is 3.96. The summed E-state index contributed by atoms with van der Waals surface area (Å²) in [6.45, 7) is 8.00. The molecule has 2 aromatic carbocycles. The minimum absolute atomic E-state index is 0.133. The number of carbonyl (C=O) groups excluding carboxylic acids is 3. The lowest BCUT2D eigenvalue weighted by Gasteiger charge is -2.27.